The van der Waals surface area contributed by atoms with Crippen LogP contribution in [0.5, 0.6) is 5.75 Å². The second-order valence-electron chi connectivity index (χ2n) is 7.79. The van der Waals surface area contributed by atoms with E-state index >= 15 is 0 Å². The van der Waals surface area contributed by atoms with Gasteiger partial charge >= 0.3 is 0 Å². The van der Waals surface area contributed by atoms with E-state index < -0.39 is 0 Å². The van der Waals surface area contributed by atoms with Gasteiger partial charge in [0, 0.05) is 16.6 Å². The van der Waals surface area contributed by atoms with Gasteiger partial charge in [-0.05, 0) is 67.0 Å². The van der Waals surface area contributed by atoms with Crippen molar-refractivity contribution in [2.24, 2.45) is 0 Å². The average molecular weight is 303 g/mol. The maximum atomic E-state index is 5.89. The van der Waals surface area contributed by atoms with E-state index in [1.54, 1.807) is 0 Å². The van der Waals surface area contributed by atoms with Gasteiger partial charge in [-0.2, -0.15) is 0 Å². The maximum Gasteiger partial charge on any atom is 0.126 e. The molecule has 0 spiro atoms. The van der Waals surface area contributed by atoms with Gasteiger partial charge in [0.15, 0.2) is 0 Å². The molecule has 0 unspecified atom stereocenters. The molecule has 0 saturated heterocycles. The van der Waals surface area contributed by atoms with Gasteiger partial charge < -0.3 is 4.74 Å². The highest BCUT2D eigenvalue weighted by Crippen LogP contribution is 2.25. The maximum absolute atomic E-state index is 5.89. The van der Waals surface area contributed by atoms with Crippen LogP contribution in [0.2, 0.25) is 0 Å². The van der Waals surface area contributed by atoms with Gasteiger partial charge in [0.05, 0.1) is 6.61 Å². The Morgan fingerprint density at radius 3 is 2.14 bits per heavy atom. The quantitative estimate of drug-likeness (QED) is 0.626. The SMILES string of the molecule is C=Cc1ccccc1OCCCCN(C(C)(C)C)C(C)(C)C. The van der Waals surface area contributed by atoms with E-state index in [9.17, 15) is 0 Å². The Balaban J connectivity index is 2.43. The number of para-hydroxylation sites is 1. The second-order valence-corrected chi connectivity index (χ2v) is 7.79. The lowest BCUT2D eigenvalue weighted by molar-refractivity contribution is 0.0358. The number of hydrogen-bond donors (Lipinski definition) is 0. The number of unbranched alkanes of at least 4 members (excludes halogenated alkanes) is 1. The Hall–Kier alpha value is -1.28. The topological polar surface area (TPSA) is 12.5 Å². The molecule has 2 heteroatoms. The minimum Gasteiger partial charge on any atom is -0.493 e. The Bertz CT molecular complexity index is 451. The number of hydrogen-bond acceptors (Lipinski definition) is 2. The van der Waals surface area contributed by atoms with Crippen LogP contribution in [0, 0.1) is 0 Å². The van der Waals surface area contributed by atoms with Crippen molar-refractivity contribution in [1.29, 1.82) is 0 Å². The molecule has 1 aromatic carbocycles. The molecule has 1 aromatic rings. The van der Waals surface area contributed by atoms with Crippen molar-refractivity contribution < 1.29 is 4.74 Å². The zero-order valence-corrected chi connectivity index (χ0v) is 15.3. The standard InChI is InChI=1S/C20H33NO/c1-8-17-13-9-10-14-18(17)22-16-12-11-15-21(19(2,3)4)20(5,6)7/h8-10,13-14H,1,11-12,15-16H2,2-7H3. The molecule has 0 radical (unpaired) electrons. The molecular weight excluding hydrogens is 270 g/mol. The van der Waals surface area contributed by atoms with E-state index in [0.29, 0.717) is 0 Å². The van der Waals surface area contributed by atoms with Crippen molar-refractivity contribution in [1.82, 2.24) is 4.90 Å². The smallest absolute Gasteiger partial charge is 0.126 e. The van der Waals surface area contributed by atoms with E-state index in [1.807, 2.05) is 30.3 Å². The van der Waals surface area contributed by atoms with Crippen molar-refractivity contribution in [3.63, 3.8) is 0 Å². The third-order valence-corrected chi connectivity index (χ3v) is 3.79. The zero-order chi connectivity index (χ0) is 16.8. The lowest BCUT2D eigenvalue weighted by Crippen LogP contribution is -2.52. The van der Waals surface area contributed by atoms with Crippen LogP contribution < -0.4 is 4.74 Å². The lowest BCUT2D eigenvalue weighted by Gasteiger charge is -2.45. The first-order chi connectivity index (χ1) is 10.2. The Labute approximate surface area is 137 Å². The fourth-order valence-corrected chi connectivity index (χ4v) is 3.01. The largest absolute Gasteiger partial charge is 0.493 e. The number of benzene rings is 1. The third-order valence-electron chi connectivity index (χ3n) is 3.79. The number of rotatable bonds is 7. The first kappa shape index (κ1) is 18.8. The van der Waals surface area contributed by atoms with Crippen molar-refractivity contribution in [3.8, 4) is 5.75 Å². The minimum atomic E-state index is 0.189. The molecule has 0 aliphatic carbocycles. The summed E-state index contributed by atoms with van der Waals surface area (Å²) < 4.78 is 5.89. The van der Waals surface area contributed by atoms with Crippen molar-refractivity contribution in [3.05, 3.63) is 36.4 Å². The molecule has 0 aliphatic heterocycles. The molecule has 0 N–H and O–H groups in total. The van der Waals surface area contributed by atoms with Gasteiger partial charge in [-0.1, -0.05) is 30.9 Å². The average Bonchev–Trinajstić information content (AvgIpc) is 2.40. The summed E-state index contributed by atoms with van der Waals surface area (Å²) in [5, 5.41) is 0. The molecule has 124 valence electrons. The van der Waals surface area contributed by atoms with Crippen LogP contribution >= 0.6 is 0 Å². The molecule has 0 amide bonds. The van der Waals surface area contributed by atoms with Gasteiger partial charge in [-0.3, -0.25) is 4.90 Å². The number of nitrogens with zero attached hydrogens (tertiary/aromatic N) is 1. The highest BCUT2D eigenvalue weighted by Gasteiger charge is 2.30. The summed E-state index contributed by atoms with van der Waals surface area (Å²) in [4.78, 5) is 2.57. The van der Waals surface area contributed by atoms with E-state index in [2.05, 4.69) is 53.0 Å². The van der Waals surface area contributed by atoms with E-state index in [0.717, 1.165) is 37.3 Å². The van der Waals surface area contributed by atoms with Crippen molar-refractivity contribution in [2.75, 3.05) is 13.2 Å². The predicted octanol–water partition coefficient (Wildman–Crippen LogP) is 5.39. The Morgan fingerprint density at radius 1 is 1.00 bits per heavy atom. The summed E-state index contributed by atoms with van der Waals surface area (Å²) in [6, 6.07) is 8.05. The van der Waals surface area contributed by atoms with Crippen LogP contribution in [0.3, 0.4) is 0 Å². The summed E-state index contributed by atoms with van der Waals surface area (Å²) >= 11 is 0. The molecule has 22 heavy (non-hydrogen) atoms. The summed E-state index contributed by atoms with van der Waals surface area (Å²) in [5.41, 5.74) is 1.44. The fraction of sp³-hybridized carbons (Fsp3) is 0.600. The molecule has 0 aromatic heterocycles. The first-order valence-electron chi connectivity index (χ1n) is 8.28. The molecule has 0 fully saturated rings. The van der Waals surface area contributed by atoms with Crippen LogP contribution in [-0.2, 0) is 0 Å². The van der Waals surface area contributed by atoms with Gasteiger partial charge in [0.1, 0.15) is 5.75 Å². The van der Waals surface area contributed by atoms with Crippen LogP contribution in [0.1, 0.15) is 59.9 Å². The second kappa shape index (κ2) is 7.82. The van der Waals surface area contributed by atoms with Gasteiger partial charge in [0.2, 0.25) is 0 Å². The molecule has 0 atom stereocenters. The molecule has 2 nitrogen and oxygen atoms in total. The Morgan fingerprint density at radius 2 is 1.59 bits per heavy atom. The van der Waals surface area contributed by atoms with E-state index in [-0.39, 0.29) is 11.1 Å². The van der Waals surface area contributed by atoms with E-state index in [1.165, 1.54) is 0 Å². The molecule has 0 bridgehead atoms. The normalized spacial score (nSPS) is 12.5. The zero-order valence-electron chi connectivity index (χ0n) is 15.3. The van der Waals surface area contributed by atoms with Crippen LogP contribution in [-0.4, -0.2) is 29.1 Å². The minimum absolute atomic E-state index is 0.189. The van der Waals surface area contributed by atoms with E-state index in [4.69, 9.17) is 4.74 Å². The molecule has 0 saturated carbocycles. The highest BCUT2D eigenvalue weighted by atomic mass is 16.5. The summed E-state index contributed by atoms with van der Waals surface area (Å²) in [6.07, 6.45) is 4.05. The van der Waals surface area contributed by atoms with Crippen molar-refractivity contribution in [2.45, 2.75) is 65.5 Å². The number of ether oxygens (including phenoxy) is 1. The summed E-state index contributed by atoms with van der Waals surface area (Å²) in [5.74, 6) is 0.931. The molecule has 0 aliphatic rings. The van der Waals surface area contributed by atoms with Crippen LogP contribution in [0.25, 0.3) is 6.08 Å². The van der Waals surface area contributed by atoms with Crippen LogP contribution in [0.4, 0.5) is 0 Å². The predicted molar refractivity (Wildman–Crippen MR) is 97.5 cm³/mol. The van der Waals surface area contributed by atoms with Gasteiger partial charge in [0.25, 0.3) is 0 Å². The third kappa shape index (κ3) is 5.84. The lowest BCUT2D eigenvalue weighted by atomic mass is 9.95. The summed E-state index contributed by atoms with van der Waals surface area (Å²) in [6.45, 7) is 19.4. The monoisotopic (exact) mass is 303 g/mol. The molecular formula is C20H33NO. The fourth-order valence-electron chi connectivity index (χ4n) is 3.01. The molecule has 0 heterocycles. The van der Waals surface area contributed by atoms with Gasteiger partial charge in [-0.25, -0.2) is 0 Å². The first-order valence-corrected chi connectivity index (χ1v) is 8.28. The highest BCUT2D eigenvalue weighted by molar-refractivity contribution is 5.55. The Kier molecular flexibility index (Phi) is 6.67. The van der Waals surface area contributed by atoms with Crippen molar-refractivity contribution >= 4 is 6.08 Å². The summed E-state index contributed by atoms with van der Waals surface area (Å²) in [7, 11) is 0. The van der Waals surface area contributed by atoms with Gasteiger partial charge in [-0.15, -0.1) is 0 Å². The molecule has 1 rings (SSSR count). The van der Waals surface area contributed by atoms with Crippen LogP contribution in [0.15, 0.2) is 30.8 Å².